The molecule has 0 radical (unpaired) electrons. The van der Waals surface area contributed by atoms with Crippen molar-refractivity contribution in [1.29, 1.82) is 0 Å². The molecule has 1 heterocycles. The van der Waals surface area contributed by atoms with Crippen LogP contribution >= 0.6 is 0 Å². The van der Waals surface area contributed by atoms with Gasteiger partial charge in [0.2, 0.25) is 10.0 Å². The van der Waals surface area contributed by atoms with Gasteiger partial charge in [0.15, 0.2) is 0 Å². The number of benzene rings is 2. The molecular weight excluding hydrogens is 318 g/mol. The Morgan fingerprint density at radius 3 is 2.29 bits per heavy atom. The van der Waals surface area contributed by atoms with Crippen LogP contribution in [-0.4, -0.2) is 12.7 Å². The van der Waals surface area contributed by atoms with Gasteiger partial charge in [0.25, 0.3) is 0 Å². The van der Waals surface area contributed by atoms with Gasteiger partial charge in [-0.3, -0.25) is 0 Å². The summed E-state index contributed by atoms with van der Waals surface area (Å²) >= 11 is 0. The van der Waals surface area contributed by atoms with Crippen LogP contribution < -0.4 is 0 Å². The second kappa shape index (κ2) is 5.71. The number of rotatable bonds is 2. The van der Waals surface area contributed by atoms with Crippen LogP contribution in [0.1, 0.15) is 48.8 Å². The zero-order chi connectivity index (χ0) is 16.8. The summed E-state index contributed by atoms with van der Waals surface area (Å²) in [5.41, 5.74) is 3.11. The zero-order valence-corrected chi connectivity index (χ0v) is 14.8. The Labute approximate surface area is 144 Å². The van der Waals surface area contributed by atoms with Crippen LogP contribution in [0.5, 0.6) is 0 Å². The van der Waals surface area contributed by atoms with Gasteiger partial charge < -0.3 is 0 Å². The van der Waals surface area contributed by atoms with Gasteiger partial charge in [-0.2, -0.15) is 4.31 Å². The van der Waals surface area contributed by atoms with Crippen molar-refractivity contribution >= 4 is 10.0 Å². The third-order valence-electron chi connectivity index (χ3n) is 5.60. The molecule has 1 aliphatic carbocycles. The predicted molar refractivity (Wildman–Crippen MR) is 95.1 cm³/mol. The Bertz CT molecular complexity index is 849. The predicted octanol–water partition coefficient (Wildman–Crippen LogP) is 4.36. The Balaban J connectivity index is 1.84. The van der Waals surface area contributed by atoms with Gasteiger partial charge in [-0.1, -0.05) is 61.2 Å². The van der Waals surface area contributed by atoms with E-state index in [0.717, 1.165) is 36.8 Å². The molecule has 1 spiro atoms. The third kappa shape index (κ3) is 2.32. The number of hydrogen-bond donors (Lipinski definition) is 0. The number of sulfonamides is 1. The van der Waals surface area contributed by atoms with Crippen LogP contribution in [0.4, 0.5) is 0 Å². The van der Waals surface area contributed by atoms with E-state index < -0.39 is 10.0 Å². The summed E-state index contributed by atoms with van der Waals surface area (Å²) in [4.78, 5) is 0.408. The summed E-state index contributed by atoms with van der Waals surface area (Å²) in [7, 11) is -3.50. The van der Waals surface area contributed by atoms with E-state index in [-0.39, 0.29) is 5.54 Å². The lowest BCUT2D eigenvalue weighted by atomic mass is 9.77. The molecule has 24 heavy (non-hydrogen) atoms. The highest BCUT2D eigenvalue weighted by atomic mass is 32.2. The summed E-state index contributed by atoms with van der Waals surface area (Å²) < 4.78 is 28.6. The van der Waals surface area contributed by atoms with Crippen molar-refractivity contribution in [2.75, 3.05) is 0 Å². The molecule has 2 aromatic carbocycles. The molecule has 1 saturated carbocycles. The van der Waals surface area contributed by atoms with Crippen molar-refractivity contribution in [2.45, 2.75) is 56.0 Å². The molecule has 0 bridgehead atoms. The third-order valence-corrected chi connectivity index (χ3v) is 7.53. The van der Waals surface area contributed by atoms with Crippen LogP contribution in [0.15, 0.2) is 53.4 Å². The van der Waals surface area contributed by atoms with Gasteiger partial charge in [0, 0.05) is 6.54 Å². The summed E-state index contributed by atoms with van der Waals surface area (Å²) in [5.74, 6) is 0. The highest BCUT2D eigenvalue weighted by molar-refractivity contribution is 7.89. The minimum Gasteiger partial charge on any atom is -0.207 e. The molecule has 1 aliphatic heterocycles. The van der Waals surface area contributed by atoms with Gasteiger partial charge in [-0.25, -0.2) is 8.42 Å². The van der Waals surface area contributed by atoms with E-state index in [2.05, 4.69) is 12.1 Å². The molecule has 3 nitrogen and oxygen atoms in total. The quantitative estimate of drug-likeness (QED) is 0.814. The normalized spacial score (nSPS) is 20.2. The SMILES string of the molecule is Cc1ccc(S(=O)(=O)N2Cc3ccccc3C23CCCCC3)cc1. The van der Waals surface area contributed by atoms with Gasteiger partial charge in [0.05, 0.1) is 10.4 Å². The Morgan fingerprint density at radius 2 is 1.58 bits per heavy atom. The van der Waals surface area contributed by atoms with E-state index in [9.17, 15) is 8.42 Å². The van der Waals surface area contributed by atoms with Gasteiger partial charge in [-0.05, 0) is 43.0 Å². The number of nitrogens with zero attached hydrogens (tertiary/aromatic N) is 1. The molecule has 4 rings (SSSR count). The topological polar surface area (TPSA) is 37.4 Å². The Hall–Kier alpha value is -1.65. The molecule has 0 amide bonds. The second-order valence-electron chi connectivity index (χ2n) is 7.07. The minimum atomic E-state index is -3.50. The maximum Gasteiger partial charge on any atom is 0.244 e. The van der Waals surface area contributed by atoms with Gasteiger partial charge >= 0.3 is 0 Å². The monoisotopic (exact) mass is 341 g/mol. The fourth-order valence-corrected chi connectivity index (χ4v) is 6.15. The molecule has 0 saturated heterocycles. The van der Waals surface area contributed by atoms with E-state index >= 15 is 0 Å². The molecule has 0 aromatic heterocycles. The summed E-state index contributed by atoms with van der Waals surface area (Å²) in [6.45, 7) is 2.47. The molecule has 2 aromatic rings. The van der Waals surface area contributed by atoms with Crippen molar-refractivity contribution in [2.24, 2.45) is 0 Å². The second-order valence-corrected chi connectivity index (χ2v) is 8.94. The van der Waals surface area contributed by atoms with Gasteiger partial charge in [-0.15, -0.1) is 0 Å². The Morgan fingerprint density at radius 1 is 0.917 bits per heavy atom. The average molecular weight is 341 g/mol. The molecule has 0 unspecified atom stereocenters. The van der Waals surface area contributed by atoms with E-state index in [1.165, 1.54) is 12.0 Å². The van der Waals surface area contributed by atoms with Crippen molar-refractivity contribution in [3.05, 3.63) is 65.2 Å². The highest BCUT2D eigenvalue weighted by Crippen LogP contribution is 2.50. The molecular formula is C20H23NO2S. The zero-order valence-electron chi connectivity index (χ0n) is 14.0. The number of fused-ring (bicyclic) bond motifs is 2. The molecule has 4 heteroatoms. The van der Waals surface area contributed by atoms with Gasteiger partial charge in [0.1, 0.15) is 0 Å². The fourth-order valence-electron chi connectivity index (χ4n) is 4.36. The van der Waals surface area contributed by atoms with Crippen LogP contribution in [0.2, 0.25) is 0 Å². The van der Waals surface area contributed by atoms with Crippen LogP contribution in [0, 0.1) is 6.92 Å². The first kappa shape index (κ1) is 15.9. The number of hydrogen-bond acceptors (Lipinski definition) is 2. The number of aryl methyl sites for hydroxylation is 1. The summed E-state index contributed by atoms with van der Waals surface area (Å²) in [6, 6.07) is 15.5. The van der Waals surface area contributed by atoms with Crippen molar-refractivity contribution in [3.8, 4) is 0 Å². The first-order chi connectivity index (χ1) is 11.5. The lowest BCUT2D eigenvalue weighted by molar-refractivity contribution is 0.145. The lowest BCUT2D eigenvalue weighted by Gasteiger charge is -2.41. The molecule has 126 valence electrons. The molecule has 2 aliphatic rings. The standard InChI is InChI=1S/C20H23NO2S/c1-16-9-11-18(12-10-16)24(22,23)21-15-17-7-3-4-8-19(17)20(21)13-5-2-6-14-20/h3-4,7-12H,2,5-6,13-15H2,1H3. The average Bonchev–Trinajstić information content (AvgIpc) is 2.91. The largest absolute Gasteiger partial charge is 0.244 e. The Kier molecular flexibility index (Phi) is 3.77. The fraction of sp³-hybridized carbons (Fsp3) is 0.400. The maximum atomic E-state index is 13.4. The van der Waals surface area contributed by atoms with Crippen LogP contribution in [-0.2, 0) is 22.1 Å². The lowest BCUT2D eigenvalue weighted by Crippen LogP contribution is -2.45. The van der Waals surface area contributed by atoms with E-state index in [0.29, 0.717) is 11.4 Å². The minimum absolute atomic E-state index is 0.349. The van der Waals surface area contributed by atoms with E-state index in [1.807, 2.05) is 31.2 Å². The summed E-state index contributed by atoms with van der Waals surface area (Å²) in [5, 5.41) is 0. The highest BCUT2D eigenvalue weighted by Gasteiger charge is 2.50. The summed E-state index contributed by atoms with van der Waals surface area (Å²) in [6.07, 6.45) is 5.23. The van der Waals surface area contributed by atoms with Crippen LogP contribution in [0.3, 0.4) is 0 Å². The van der Waals surface area contributed by atoms with Crippen molar-refractivity contribution < 1.29 is 8.42 Å². The smallest absolute Gasteiger partial charge is 0.207 e. The van der Waals surface area contributed by atoms with Crippen molar-refractivity contribution in [3.63, 3.8) is 0 Å². The first-order valence-corrected chi connectivity index (χ1v) is 10.2. The maximum absolute atomic E-state index is 13.4. The van der Waals surface area contributed by atoms with Crippen LogP contribution in [0.25, 0.3) is 0 Å². The molecule has 0 N–H and O–H groups in total. The van der Waals surface area contributed by atoms with E-state index in [1.54, 1.807) is 16.4 Å². The molecule has 0 atom stereocenters. The first-order valence-electron chi connectivity index (χ1n) is 8.72. The molecule has 1 fully saturated rings. The van der Waals surface area contributed by atoms with E-state index in [4.69, 9.17) is 0 Å². The van der Waals surface area contributed by atoms with Crippen molar-refractivity contribution in [1.82, 2.24) is 4.31 Å².